The van der Waals surface area contributed by atoms with E-state index < -0.39 is 0 Å². The highest BCUT2D eigenvalue weighted by Gasteiger charge is 2.06. The molecule has 0 atom stereocenters. The van der Waals surface area contributed by atoms with Crippen LogP contribution in [-0.4, -0.2) is 15.0 Å². The first-order chi connectivity index (χ1) is 10.1. The van der Waals surface area contributed by atoms with Crippen molar-refractivity contribution in [2.75, 3.05) is 16.8 Å². The second kappa shape index (κ2) is 6.33. The Balaban J connectivity index is 2.38. The van der Waals surface area contributed by atoms with Crippen molar-refractivity contribution in [3.63, 3.8) is 0 Å². The molecular formula is C15H16N6. The molecule has 0 spiro atoms. The zero-order valence-corrected chi connectivity index (χ0v) is 11.5. The fourth-order valence-corrected chi connectivity index (χ4v) is 1.71. The SMILES string of the molecule is C=C/C=C\C(=C/C=C)Nc1ccc2nc(N)nc(N)c2n1. The van der Waals surface area contributed by atoms with Gasteiger partial charge in [-0.1, -0.05) is 31.4 Å². The number of rotatable bonds is 5. The van der Waals surface area contributed by atoms with Crippen molar-refractivity contribution in [1.82, 2.24) is 15.0 Å². The number of nitrogen functional groups attached to an aromatic ring is 2. The Kier molecular flexibility index (Phi) is 4.30. The fraction of sp³-hybridized carbons (Fsp3) is 0. The molecule has 5 N–H and O–H groups in total. The van der Waals surface area contributed by atoms with Crippen LogP contribution in [0.25, 0.3) is 11.0 Å². The second-order valence-corrected chi connectivity index (χ2v) is 4.11. The molecule has 2 heterocycles. The van der Waals surface area contributed by atoms with Crippen molar-refractivity contribution >= 4 is 28.6 Å². The van der Waals surface area contributed by atoms with E-state index in [0.29, 0.717) is 16.9 Å². The van der Waals surface area contributed by atoms with Gasteiger partial charge in [0.2, 0.25) is 5.95 Å². The minimum Gasteiger partial charge on any atom is -0.382 e. The van der Waals surface area contributed by atoms with Gasteiger partial charge >= 0.3 is 0 Å². The molecule has 6 nitrogen and oxygen atoms in total. The van der Waals surface area contributed by atoms with E-state index in [2.05, 4.69) is 33.4 Å². The van der Waals surface area contributed by atoms with Gasteiger partial charge in [-0.25, -0.2) is 9.97 Å². The van der Waals surface area contributed by atoms with Gasteiger partial charge in [0, 0.05) is 5.70 Å². The second-order valence-electron chi connectivity index (χ2n) is 4.11. The molecule has 2 aromatic heterocycles. The number of pyridine rings is 1. The lowest BCUT2D eigenvalue weighted by molar-refractivity contribution is 1.21. The van der Waals surface area contributed by atoms with Crippen LogP contribution in [0, 0.1) is 0 Å². The number of hydrogen-bond acceptors (Lipinski definition) is 6. The Morgan fingerprint density at radius 1 is 1.10 bits per heavy atom. The van der Waals surface area contributed by atoms with E-state index in [1.807, 2.05) is 18.2 Å². The van der Waals surface area contributed by atoms with Crippen LogP contribution in [0.2, 0.25) is 0 Å². The highest BCUT2D eigenvalue weighted by atomic mass is 15.1. The Morgan fingerprint density at radius 3 is 2.62 bits per heavy atom. The Hall–Kier alpha value is -3.15. The van der Waals surface area contributed by atoms with Crippen LogP contribution in [0.1, 0.15) is 0 Å². The van der Waals surface area contributed by atoms with Crippen LogP contribution in [0.5, 0.6) is 0 Å². The summed E-state index contributed by atoms with van der Waals surface area (Å²) in [7, 11) is 0. The molecule has 0 saturated heterocycles. The summed E-state index contributed by atoms with van der Waals surface area (Å²) >= 11 is 0. The number of nitrogens with zero attached hydrogens (tertiary/aromatic N) is 3. The summed E-state index contributed by atoms with van der Waals surface area (Å²) in [4.78, 5) is 12.4. The Bertz CT molecular complexity index is 745. The molecule has 0 aliphatic carbocycles. The van der Waals surface area contributed by atoms with Crippen molar-refractivity contribution in [1.29, 1.82) is 0 Å². The number of allylic oxidation sites excluding steroid dienone is 5. The highest BCUT2D eigenvalue weighted by Crippen LogP contribution is 2.19. The largest absolute Gasteiger partial charge is 0.382 e. The van der Waals surface area contributed by atoms with Crippen LogP contribution in [0.15, 0.2) is 61.4 Å². The van der Waals surface area contributed by atoms with Gasteiger partial charge in [-0.3, -0.25) is 0 Å². The van der Waals surface area contributed by atoms with E-state index in [-0.39, 0.29) is 11.8 Å². The van der Waals surface area contributed by atoms with E-state index in [0.717, 1.165) is 5.70 Å². The Morgan fingerprint density at radius 2 is 1.90 bits per heavy atom. The third kappa shape index (κ3) is 3.44. The van der Waals surface area contributed by atoms with Gasteiger partial charge in [0.25, 0.3) is 0 Å². The summed E-state index contributed by atoms with van der Waals surface area (Å²) in [6, 6.07) is 3.56. The minimum absolute atomic E-state index is 0.128. The topological polar surface area (TPSA) is 103 Å². The number of nitrogens with one attached hydrogen (secondary N) is 1. The molecule has 0 fully saturated rings. The number of nitrogens with two attached hydrogens (primary N) is 2. The maximum absolute atomic E-state index is 5.82. The zero-order chi connectivity index (χ0) is 15.2. The lowest BCUT2D eigenvalue weighted by Gasteiger charge is -2.08. The van der Waals surface area contributed by atoms with Crippen molar-refractivity contribution in [2.24, 2.45) is 0 Å². The predicted molar refractivity (Wildman–Crippen MR) is 87.4 cm³/mol. The van der Waals surface area contributed by atoms with Crippen LogP contribution in [0.3, 0.4) is 0 Å². The number of hydrogen-bond donors (Lipinski definition) is 3. The van der Waals surface area contributed by atoms with Gasteiger partial charge < -0.3 is 16.8 Å². The van der Waals surface area contributed by atoms with Gasteiger partial charge in [0.05, 0.1) is 5.52 Å². The van der Waals surface area contributed by atoms with Gasteiger partial charge in [0.15, 0.2) is 5.82 Å². The van der Waals surface area contributed by atoms with E-state index in [1.54, 1.807) is 24.3 Å². The monoisotopic (exact) mass is 280 g/mol. The van der Waals surface area contributed by atoms with E-state index in [4.69, 9.17) is 11.5 Å². The summed E-state index contributed by atoms with van der Waals surface area (Å²) in [6.07, 6.45) is 8.83. The summed E-state index contributed by atoms with van der Waals surface area (Å²) in [5.74, 6) is 0.991. The van der Waals surface area contributed by atoms with Crippen molar-refractivity contribution < 1.29 is 0 Å². The predicted octanol–water partition coefficient (Wildman–Crippen LogP) is 2.41. The van der Waals surface area contributed by atoms with Gasteiger partial charge in [-0.05, 0) is 24.3 Å². The van der Waals surface area contributed by atoms with Gasteiger partial charge in [-0.2, -0.15) is 4.98 Å². The molecule has 0 saturated carbocycles. The van der Waals surface area contributed by atoms with E-state index in [1.165, 1.54) is 0 Å². The van der Waals surface area contributed by atoms with E-state index >= 15 is 0 Å². The number of anilines is 3. The van der Waals surface area contributed by atoms with Gasteiger partial charge in [0.1, 0.15) is 11.3 Å². The first-order valence-corrected chi connectivity index (χ1v) is 6.22. The quantitative estimate of drug-likeness (QED) is 0.727. The molecule has 0 aliphatic rings. The molecule has 106 valence electrons. The molecule has 0 aromatic carbocycles. The third-order valence-electron chi connectivity index (χ3n) is 2.57. The maximum Gasteiger partial charge on any atom is 0.222 e. The van der Waals surface area contributed by atoms with Crippen LogP contribution in [0.4, 0.5) is 17.6 Å². The number of fused-ring (bicyclic) bond motifs is 1. The summed E-state index contributed by atoms with van der Waals surface area (Å²) in [5, 5.41) is 3.15. The fourth-order valence-electron chi connectivity index (χ4n) is 1.71. The lowest BCUT2D eigenvalue weighted by atomic mass is 10.3. The maximum atomic E-state index is 5.82. The zero-order valence-electron chi connectivity index (χ0n) is 11.5. The molecule has 2 aromatic rings. The molecule has 0 radical (unpaired) electrons. The van der Waals surface area contributed by atoms with Crippen molar-refractivity contribution in [3.8, 4) is 0 Å². The van der Waals surface area contributed by atoms with E-state index in [9.17, 15) is 0 Å². The van der Waals surface area contributed by atoms with Crippen LogP contribution < -0.4 is 16.8 Å². The molecule has 6 heteroatoms. The summed E-state index contributed by atoms with van der Waals surface area (Å²) < 4.78 is 0. The summed E-state index contributed by atoms with van der Waals surface area (Å²) in [5.41, 5.74) is 13.3. The average Bonchev–Trinajstić information content (AvgIpc) is 2.45. The molecular weight excluding hydrogens is 264 g/mol. The summed E-state index contributed by atoms with van der Waals surface area (Å²) in [6.45, 7) is 7.31. The normalized spacial score (nSPS) is 11.7. The average molecular weight is 280 g/mol. The minimum atomic E-state index is 0.128. The van der Waals surface area contributed by atoms with Crippen LogP contribution >= 0.6 is 0 Å². The van der Waals surface area contributed by atoms with Gasteiger partial charge in [-0.15, -0.1) is 0 Å². The van der Waals surface area contributed by atoms with Crippen molar-refractivity contribution in [2.45, 2.75) is 0 Å². The Labute approximate surface area is 122 Å². The first kappa shape index (κ1) is 14.3. The first-order valence-electron chi connectivity index (χ1n) is 6.22. The smallest absolute Gasteiger partial charge is 0.222 e. The number of aromatic nitrogens is 3. The highest BCUT2D eigenvalue weighted by molar-refractivity contribution is 5.86. The molecule has 0 aliphatic heterocycles. The lowest BCUT2D eigenvalue weighted by Crippen LogP contribution is -2.04. The third-order valence-corrected chi connectivity index (χ3v) is 2.57. The molecule has 21 heavy (non-hydrogen) atoms. The van der Waals surface area contributed by atoms with Crippen molar-refractivity contribution in [3.05, 3.63) is 61.4 Å². The molecule has 0 amide bonds. The van der Waals surface area contributed by atoms with Crippen LogP contribution in [-0.2, 0) is 0 Å². The molecule has 2 rings (SSSR count). The molecule has 0 unspecified atom stereocenters. The molecule has 0 bridgehead atoms. The standard InChI is InChI=1S/C15H16N6/c1-3-5-7-10(6-4-2)18-12-9-8-11-13(20-12)14(16)21-15(17)19-11/h3-9H,1-2H2,(H,18,20)(H4,16,17,19,21)/b7-5-,10-6+.